The molecule has 4 heterocycles. The van der Waals surface area contributed by atoms with Crippen molar-refractivity contribution in [2.75, 3.05) is 0 Å². The molecule has 4 aromatic heterocycles. The van der Waals surface area contributed by atoms with E-state index in [1.165, 1.54) is 11.1 Å². The standard InChI is InChI=1S/C16H16BrN3.C16H17N3/c1-16(2,3)13-6-4-11(5-7-13)12-8-18-15-14(17)9-19-20(15)10-12;1-16(2,3)14-6-4-12(5-7-14)13-10-17-15-8-9-18-19(15)11-13/h4-10H,1-3H3;4-11H,1-3H3. The number of halogens is 1. The van der Waals surface area contributed by atoms with Gasteiger partial charge in [-0.3, -0.25) is 0 Å². The van der Waals surface area contributed by atoms with E-state index in [0.717, 1.165) is 38.0 Å². The molecule has 0 N–H and O–H groups in total. The molecule has 6 aromatic rings. The van der Waals surface area contributed by atoms with Crippen molar-refractivity contribution >= 4 is 27.2 Å². The summed E-state index contributed by atoms with van der Waals surface area (Å²) in [6, 6.07) is 19.2. The Morgan fingerprint density at radius 2 is 1.08 bits per heavy atom. The fourth-order valence-electron chi connectivity index (χ4n) is 4.28. The molecule has 0 atom stereocenters. The highest BCUT2D eigenvalue weighted by Crippen LogP contribution is 2.27. The number of benzene rings is 2. The molecule has 6 nitrogen and oxygen atoms in total. The van der Waals surface area contributed by atoms with E-state index in [9.17, 15) is 0 Å². The van der Waals surface area contributed by atoms with Gasteiger partial charge in [-0.1, -0.05) is 90.1 Å². The van der Waals surface area contributed by atoms with Crippen LogP contribution in [0.2, 0.25) is 0 Å². The maximum Gasteiger partial charge on any atom is 0.169 e. The Bertz CT molecular complexity index is 1720. The summed E-state index contributed by atoms with van der Waals surface area (Å²) in [5.74, 6) is 0. The first-order chi connectivity index (χ1) is 18.5. The third-order valence-corrected chi connectivity index (χ3v) is 7.29. The Labute approximate surface area is 237 Å². The van der Waals surface area contributed by atoms with Gasteiger partial charge in [0.25, 0.3) is 0 Å². The molecule has 0 aliphatic carbocycles. The van der Waals surface area contributed by atoms with E-state index in [1.54, 1.807) is 21.4 Å². The lowest BCUT2D eigenvalue weighted by Crippen LogP contribution is -2.10. The molecule has 0 bridgehead atoms. The zero-order chi connectivity index (χ0) is 27.8. The van der Waals surface area contributed by atoms with Gasteiger partial charge in [-0.15, -0.1) is 0 Å². The smallest absolute Gasteiger partial charge is 0.169 e. The predicted molar refractivity (Wildman–Crippen MR) is 162 cm³/mol. The third-order valence-electron chi connectivity index (χ3n) is 6.73. The number of hydrogen-bond donors (Lipinski definition) is 0. The number of fused-ring (bicyclic) bond motifs is 2. The molecular weight excluding hydrogens is 548 g/mol. The lowest BCUT2D eigenvalue weighted by molar-refractivity contribution is 0.590. The van der Waals surface area contributed by atoms with Crippen LogP contribution in [-0.4, -0.2) is 29.2 Å². The molecule has 0 amide bonds. The zero-order valence-corrected chi connectivity index (χ0v) is 24.8. The van der Waals surface area contributed by atoms with E-state index < -0.39 is 0 Å². The van der Waals surface area contributed by atoms with Crippen molar-refractivity contribution in [3.8, 4) is 22.3 Å². The normalized spacial score (nSPS) is 12.0. The van der Waals surface area contributed by atoms with Gasteiger partial charge in [0.05, 0.1) is 16.9 Å². The van der Waals surface area contributed by atoms with E-state index in [4.69, 9.17) is 0 Å². The molecule has 0 radical (unpaired) electrons. The summed E-state index contributed by atoms with van der Waals surface area (Å²) >= 11 is 3.43. The van der Waals surface area contributed by atoms with Crippen molar-refractivity contribution in [1.82, 2.24) is 29.2 Å². The fraction of sp³-hybridized carbons (Fsp3) is 0.250. The first-order valence-electron chi connectivity index (χ1n) is 13.0. The van der Waals surface area contributed by atoms with E-state index in [1.807, 2.05) is 30.9 Å². The van der Waals surface area contributed by atoms with Gasteiger partial charge in [0.2, 0.25) is 0 Å². The van der Waals surface area contributed by atoms with Gasteiger partial charge in [0, 0.05) is 42.0 Å². The lowest BCUT2D eigenvalue weighted by Gasteiger charge is -2.19. The molecule has 2 aromatic carbocycles. The maximum absolute atomic E-state index is 4.44. The highest BCUT2D eigenvalue weighted by atomic mass is 79.9. The lowest BCUT2D eigenvalue weighted by atomic mass is 9.86. The molecule has 0 fully saturated rings. The highest BCUT2D eigenvalue weighted by molar-refractivity contribution is 9.10. The molecule has 0 spiro atoms. The second-order valence-electron chi connectivity index (χ2n) is 11.7. The average molecular weight is 582 g/mol. The molecule has 198 valence electrons. The second kappa shape index (κ2) is 10.4. The maximum atomic E-state index is 4.44. The molecule has 0 unspecified atom stereocenters. The van der Waals surface area contributed by atoms with Crippen molar-refractivity contribution in [3.63, 3.8) is 0 Å². The van der Waals surface area contributed by atoms with Gasteiger partial charge >= 0.3 is 0 Å². The first-order valence-corrected chi connectivity index (χ1v) is 13.8. The average Bonchev–Trinajstić information content (AvgIpc) is 3.54. The number of hydrogen-bond acceptors (Lipinski definition) is 4. The Balaban J connectivity index is 0.000000158. The second-order valence-corrected chi connectivity index (χ2v) is 12.6. The van der Waals surface area contributed by atoms with Crippen molar-refractivity contribution in [2.45, 2.75) is 52.4 Å². The van der Waals surface area contributed by atoms with E-state index in [-0.39, 0.29) is 10.8 Å². The third kappa shape index (κ3) is 5.93. The van der Waals surface area contributed by atoms with Gasteiger partial charge in [-0.25, -0.2) is 19.0 Å². The summed E-state index contributed by atoms with van der Waals surface area (Å²) in [6.45, 7) is 13.3. The molecule has 39 heavy (non-hydrogen) atoms. The fourth-order valence-corrected chi connectivity index (χ4v) is 4.65. The van der Waals surface area contributed by atoms with Crippen LogP contribution < -0.4 is 0 Å². The quantitative estimate of drug-likeness (QED) is 0.207. The van der Waals surface area contributed by atoms with Crippen LogP contribution in [0, 0.1) is 0 Å². The summed E-state index contributed by atoms with van der Waals surface area (Å²) < 4.78 is 4.50. The van der Waals surface area contributed by atoms with Crippen LogP contribution >= 0.6 is 15.9 Å². The van der Waals surface area contributed by atoms with Crippen LogP contribution in [0.25, 0.3) is 33.5 Å². The topological polar surface area (TPSA) is 60.4 Å². The first kappa shape index (κ1) is 26.8. The van der Waals surface area contributed by atoms with Crippen LogP contribution in [0.15, 0.2) is 96.3 Å². The monoisotopic (exact) mass is 580 g/mol. The summed E-state index contributed by atoms with van der Waals surface area (Å²) in [4.78, 5) is 8.83. The van der Waals surface area contributed by atoms with E-state index in [0.29, 0.717) is 0 Å². The zero-order valence-electron chi connectivity index (χ0n) is 23.2. The SMILES string of the molecule is CC(C)(C)c1ccc(-c2cnc3c(Br)cnn3c2)cc1.CC(C)(C)c1ccc(-c2cnc3ccnn3c2)cc1. The Kier molecular flexibility index (Phi) is 7.12. The predicted octanol–water partition coefficient (Wildman–Crippen LogP) is 8.15. The number of aromatic nitrogens is 6. The Morgan fingerprint density at radius 3 is 1.62 bits per heavy atom. The minimum atomic E-state index is 0.174. The minimum absolute atomic E-state index is 0.174. The van der Waals surface area contributed by atoms with E-state index in [2.05, 4.69) is 126 Å². The van der Waals surface area contributed by atoms with Gasteiger partial charge in [0.1, 0.15) is 0 Å². The van der Waals surface area contributed by atoms with Crippen molar-refractivity contribution in [3.05, 3.63) is 107 Å². The molecule has 0 saturated heterocycles. The van der Waals surface area contributed by atoms with Gasteiger partial charge in [-0.05, 0) is 49.0 Å². The largest absolute Gasteiger partial charge is 0.236 e. The van der Waals surface area contributed by atoms with Gasteiger partial charge < -0.3 is 0 Å². The molecule has 7 heteroatoms. The van der Waals surface area contributed by atoms with Crippen LogP contribution in [0.3, 0.4) is 0 Å². The number of nitrogens with zero attached hydrogens (tertiary/aromatic N) is 6. The number of rotatable bonds is 2. The molecule has 0 aliphatic heterocycles. The summed E-state index contributed by atoms with van der Waals surface area (Å²) in [5, 5.41) is 8.48. The van der Waals surface area contributed by atoms with E-state index >= 15 is 0 Å². The van der Waals surface area contributed by atoms with Crippen molar-refractivity contribution < 1.29 is 0 Å². The Hall–Kier alpha value is -3.84. The van der Waals surface area contributed by atoms with Crippen molar-refractivity contribution in [2.24, 2.45) is 0 Å². The molecule has 0 saturated carbocycles. The van der Waals surface area contributed by atoms with Gasteiger partial charge in [0.15, 0.2) is 11.3 Å². The highest BCUT2D eigenvalue weighted by Gasteiger charge is 2.14. The molecule has 0 aliphatic rings. The summed E-state index contributed by atoms with van der Waals surface area (Å²) in [6.07, 6.45) is 11.3. The van der Waals surface area contributed by atoms with Crippen LogP contribution in [-0.2, 0) is 10.8 Å². The van der Waals surface area contributed by atoms with Crippen LogP contribution in [0.1, 0.15) is 52.7 Å². The van der Waals surface area contributed by atoms with Crippen LogP contribution in [0.5, 0.6) is 0 Å². The summed E-state index contributed by atoms with van der Waals surface area (Å²) in [5.41, 5.74) is 9.19. The Morgan fingerprint density at radius 1 is 0.564 bits per heavy atom. The van der Waals surface area contributed by atoms with Crippen LogP contribution in [0.4, 0.5) is 0 Å². The van der Waals surface area contributed by atoms with Crippen molar-refractivity contribution in [1.29, 1.82) is 0 Å². The van der Waals surface area contributed by atoms with Gasteiger partial charge in [-0.2, -0.15) is 10.2 Å². The molecular formula is C32H33BrN6. The summed E-state index contributed by atoms with van der Waals surface area (Å²) in [7, 11) is 0. The molecule has 6 rings (SSSR count). The minimum Gasteiger partial charge on any atom is -0.236 e.